The lowest BCUT2D eigenvalue weighted by atomic mass is 9.73. The molecule has 3 amide bonds. The molecule has 204 valence electrons. The minimum Gasteiger partial charge on any atom is -0.394 e. The molecule has 1 aromatic carbocycles. The average molecular weight is 522 g/mol. The summed E-state index contributed by atoms with van der Waals surface area (Å²) in [7, 11) is 1.74. The molecule has 38 heavy (non-hydrogen) atoms. The van der Waals surface area contributed by atoms with Gasteiger partial charge in [0.15, 0.2) is 0 Å². The number of carbonyl (C=O) groups is 3. The van der Waals surface area contributed by atoms with E-state index < -0.39 is 35.1 Å². The summed E-state index contributed by atoms with van der Waals surface area (Å²) in [5.41, 5.74) is 0.395. The molecule has 0 saturated carbocycles. The minimum atomic E-state index is -1.33. The molecular weight excluding hydrogens is 482 g/mol. The van der Waals surface area contributed by atoms with Gasteiger partial charge in [0.2, 0.25) is 11.8 Å². The van der Waals surface area contributed by atoms with Crippen LogP contribution in [0.4, 0.5) is 5.69 Å². The molecule has 0 aromatic heterocycles. The van der Waals surface area contributed by atoms with Crippen molar-refractivity contribution >= 4 is 23.4 Å². The van der Waals surface area contributed by atoms with Crippen LogP contribution >= 0.6 is 0 Å². The Kier molecular flexibility index (Phi) is 6.55. The summed E-state index contributed by atoms with van der Waals surface area (Å²) in [6.45, 7) is 10.2. The van der Waals surface area contributed by atoms with Crippen molar-refractivity contribution in [3.8, 4) is 0 Å². The van der Waals surface area contributed by atoms with Gasteiger partial charge in [-0.2, -0.15) is 0 Å². The van der Waals surface area contributed by atoms with Crippen LogP contribution in [-0.2, 0) is 19.1 Å². The van der Waals surface area contributed by atoms with Crippen LogP contribution in [0.2, 0.25) is 0 Å². The summed E-state index contributed by atoms with van der Waals surface area (Å²) >= 11 is 0. The van der Waals surface area contributed by atoms with E-state index in [-0.39, 0.29) is 30.2 Å². The normalized spacial score (nSPS) is 33.4. The number of hydrogen-bond acceptors (Lipinski definition) is 5. The summed E-state index contributed by atoms with van der Waals surface area (Å²) in [6.07, 6.45) is 8.12. The predicted molar refractivity (Wildman–Crippen MR) is 144 cm³/mol. The van der Waals surface area contributed by atoms with Crippen molar-refractivity contribution in [3.05, 3.63) is 53.6 Å². The molecule has 0 aliphatic carbocycles. The summed E-state index contributed by atoms with van der Waals surface area (Å²) in [5.74, 6) is -2.48. The number of para-hydroxylation sites is 1. The number of amides is 3. The number of likely N-dealkylation sites (N-methyl/N-ethyl adjacent to an activating group) is 1. The van der Waals surface area contributed by atoms with Crippen molar-refractivity contribution in [2.75, 3.05) is 31.6 Å². The Hall–Kier alpha value is -2.97. The predicted octanol–water partition coefficient (Wildman–Crippen LogP) is 2.61. The fourth-order valence-electron chi connectivity index (χ4n) is 7.23. The average Bonchev–Trinajstić information content (AvgIpc) is 3.17. The topological polar surface area (TPSA) is 90.4 Å². The van der Waals surface area contributed by atoms with Crippen LogP contribution in [-0.4, -0.2) is 82.7 Å². The van der Waals surface area contributed by atoms with E-state index in [0.717, 1.165) is 16.8 Å². The Labute approximate surface area is 224 Å². The van der Waals surface area contributed by atoms with E-state index in [0.29, 0.717) is 19.5 Å². The number of carbonyl (C=O) groups excluding carboxylic acids is 3. The van der Waals surface area contributed by atoms with Crippen molar-refractivity contribution in [1.29, 1.82) is 0 Å². The Bertz CT molecular complexity index is 1200. The molecule has 2 saturated heterocycles. The smallest absolute Gasteiger partial charge is 0.253 e. The number of fused-ring (bicyclic) bond motifs is 2. The molecule has 2 fully saturated rings. The highest BCUT2D eigenvalue weighted by atomic mass is 16.5. The Morgan fingerprint density at radius 2 is 1.66 bits per heavy atom. The van der Waals surface area contributed by atoms with E-state index in [2.05, 4.69) is 0 Å². The van der Waals surface area contributed by atoms with Gasteiger partial charge in [-0.25, -0.2) is 0 Å². The van der Waals surface area contributed by atoms with Crippen LogP contribution in [0.15, 0.2) is 42.5 Å². The molecule has 4 aliphatic rings. The van der Waals surface area contributed by atoms with E-state index in [4.69, 9.17) is 4.74 Å². The zero-order valence-electron chi connectivity index (χ0n) is 23.2. The first-order valence-corrected chi connectivity index (χ1v) is 13.7. The molecule has 8 heteroatoms. The Morgan fingerprint density at radius 1 is 1.00 bits per heavy atom. The lowest BCUT2D eigenvalue weighted by Gasteiger charge is -2.42. The molecule has 1 unspecified atom stereocenters. The van der Waals surface area contributed by atoms with Crippen molar-refractivity contribution in [2.45, 2.75) is 64.3 Å². The van der Waals surface area contributed by atoms with E-state index in [1.807, 2.05) is 77.1 Å². The number of nitrogens with zero attached hydrogens (tertiary/aromatic N) is 3. The van der Waals surface area contributed by atoms with E-state index in [1.165, 1.54) is 0 Å². The highest BCUT2D eigenvalue weighted by molar-refractivity contribution is 6.06. The van der Waals surface area contributed by atoms with Gasteiger partial charge in [0.25, 0.3) is 5.91 Å². The number of likely N-dealkylation sites (tertiary alicyclic amines) is 1. The molecule has 5 rings (SSSR count). The molecule has 0 radical (unpaired) electrons. The fourth-order valence-corrected chi connectivity index (χ4v) is 7.23. The first-order chi connectivity index (χ1) is 18.0. The van der Waals surface area contributed by atoms with Gasteiger partial charge in [0, 0.05) is 25.8 Å². The van der Waals surface area contributed by atoms with Gasteiger partial charge < -0.3 is 24.5 Å². The maximum Gasteiger partial charge on any atom is 0.253 e. The van der Waals surface area contributed by atoms with Crippen molar-refractivity contribution in [2.24, 2.45) is 17.8 Å². The van der Waals surface area contributed by atoms with Gasteiger partial charge in [-0.3, -0.25) is 14.4 Å². The highest BCUT2D eigenvalue weighted by Crippen LogP contribution is 2.59. The highest BCUT2D eigenvalue weighted by Gasteiger charge is 2.76. The maximum absolute atomic E-state index is 14.7. The van der Waals surface area contributed by atoms with Crippen LogP contribution in [0, 0.1) is 31.6 Å². The van der Waals surface area contributed by atoms with E-state index >= 15 is 0 Å². The SMILES string of the molecule is CC[C@]12C=CCN(C)C(=O)[C@H]1[C@H]1C(=O)N([C@@H](CO)C(C)C)C3C(=O)N(c4c(C)cccc4C)CC=C[C@@]31O2. The Balaban J connectivity index is 1.74. The number of ether oxygens (including phenoxy) is 1. The second-order valence-electron chi connectivity index (χ2n) is 11.6. The quantitative estimate of drug-likeness (QED) is 0.602. The number of hydrogen-bond donors (Lipinski definition) is 1. The Morgan fingerprint density at radius 3 is 2.26 bits per heavy atom. The third-order valence-electron chi connectivity index (χ3n) is 9.10. The number of anilines is 1. The lowest BCUT2D eigenvalue weighted by molar-refractivity contribution is -0.153. The third-order valence-corrected chi connectivity index (χ3v) is 9.10. The van der Waals surface area contributed by atoms with Gasteiger partial charge >= 0.3 is 0 Å². The van der Waals surface area contributed by atoms with Gasteiger partial charge in [0.1, 0.15) is 11.6 Å². The van der Waals surface area contributed by atoms with E-state index in [1.54, 1.807) is 21.7 Å². The first-order valence-electron chi connectivity index (χ1n) is 13.7. The molecule has 4 aliphatic heterocycles. The van der Waals surface area contributed by atoms with Gasteiger partial charge in [-0.05, 0) is 37.3 Å². The summed E-state index contributed by atoms with van der Waals surface area (Å²) < 4.78 is 6.97. The van der Waals surface area contributed by atoms with Crippen LogP contribution in [0.3, 0.4) is 0 Å². The molecule has 4 heterocycles. The summed E-state index contributed by atoms with van der Waals surface area (Å²) in [5, 5.41) is 10.5. The van der Waals surface area contributed by atoms with Crippen LogP contribution < -0.4 is 4.90 Å². The third kappa shape index (κ3) is 3.53. The standard InChI is InChI=1S/C30H39N3O5/c1-7-29-13-9-15-31(6)26(35)22(29)23-27(36)33(21(17-34)18(2)3)25-28(37)32(16-10-14-30(23,25)38-29)24-19(4)11-8-12-20(24)5/h8-14,18,21-23,25,34H,7,15-17H2,1-6H3/t21-,22+,23-,25?,29-,30-/m0/s1. The molecule has 1 aromatic rings. The van der Waals surface area contributed by atoms with Crippen molar-refractivity contribution in [3.63, 3.8) is 0 Å². The first kappa shape index (κ1) is 26.6. The monoisotopic (exact) mass is 521 g/mol. The van der Waals surface area contributed by atoms with Crippen LogP contribution in [0.1, 0.15) is 38.3 Å². The zero-order chi connectivity index (χ0) is 27.6. The second kappa shape index (κ2) is 9.35. The van der Waals surface area contributed by atoms with Gasteiger partial charge in [-0.1, -0.05) is 63.3 Å². The number of aliphatic hydroxyl groups excluding tert-OH is 1. The molecule has 1 spiro atoms. The minimum absolute atomic E-state index is 0.114. The zero-order valence-corrected chi connectivity index (χ0v) is 23.2. The van der Waals surface area contributed by atoms with Crippen LogP contribution in [0.25, 0.3) is 0 Å². The largest absolute Gasteiger partial charge is 0.394 e. The number of benzene rings is 1. The van der Waals surface area contributed by atoms with Crippen molar-refractivity contribution < 1.29 is 24.2 Å². The molecule has 1 N–H and O–H groups in total. The molecular formula is C30H39N3O5. The summed E-state index contributed by atoms with van der Waals surface area (Å²) in [6, 6.07) is 4.29. The van der Waals surface area contributed by atoms with Gasteiger partial charge in [0.05, 0.1) is 30.1 Å². The summed E-state index contributed by atoms with van der Waals surface area (Å²) in [4.78, 5) is 48.0. The number of aryl methyl sites for hydroxylation is 2. The van der Waals surface area contributed by atoms with Gasteiger partial charge in [-0.15, -0.1) is 0 Å². The molecule has 8 nitrogen and oxygen atoms in total. The number of rotatable bonds is 5. The van der Waals surface area contributed by atoms with E-state index in [9.17, 15) is 19.5 Å². The molecule has 6 atom stereocenters. The molecule has 0 bridgehead atoms. The second-order valence-corrected chi connectivity index (χ2v) is 11.6. The fraction of sp³-hybridized carbons (Fsp3) is 0.567. The lowest BCUT2D eigenvalue weighted by Crippen LogP contribution is -2.60. The maximum atomic E-state index is 14.7. The van der Waals surface area contributed by atoms with Crippen molar-refractivity contribution in [1.82, 2.24) is 9.80 Å². The number of aliphatic hydroxyl groups is 1. The van der Waals surface area contributed by atoms with Crippen LogP contribution in [0.5, 0.6) is 0 Å².